The number of hydrogen-bond donors (Lipinski definition) is 1. The van der Waals surface area contributed by atoms with Gasteiger partial charge in [0.2, 0.25) is 0 Å². The monoisotopic (exact) mass is 253 g/mol. The fraction of sp³-hybridized carbons (Fsp3) is 0.235. The van der Waals surface area contributed by atoms with E-state index in [2.05, 4.69) is 0 Å². The lowest BCUT2D eigenvalue weighted by Gasteiger charge is -2.13. The molecule has 0 bridgehead atoms. The first-order valence-electron chi connectivity index (χ1n) is 6.39. The molecule has 2 nitrogen and oxygen atoms in total. The highest BCUT2D eigenvalue weighted by molar-refractivity contribution is 6.12. The van der Waals surface area contributed by atoms with Crippen molar-refractivity contribution in [2.24, 2.45) is 0 Å². The highest BCUT2D eigenvalue weighted by Crippen LogP contribution is 2.24. The predicted octanol–water partition coefficient (Wildman–Crippen LogP) is 3.73. The zero-order chi connectivity index (χ0) is 14.2. The normalized spacial score (nSPS) is 10.5. The summed E-state index contributed by atoms with van der Waals surface area (Å²) >= 11 is 0. The molecule has 0 aliphatic rings. The topological polar surface area (TPSA) is 43.1 Å². The highest BCUT2D eigenvalue weighted by Gasteiger charge is 2.17. The molecule has 19 heavy (non-hydrogen) atoms. The number of carbonyl (C=O) groups excluding carboxylic acids is 1. The van der Waals surface area contributed by atoms with E-state index < -0.39 is 0 Å². The number of carbonyl (C=O) groups is 1. The minimum absolute atomic E-state index is 0.0554. The maximum Gasteiger partial charge on any atom is 0.193 e. The van der Waals surface area contributed by atoms with Crippen molar-refractivity contribution in [1.82, 2.24) is 0 Å². The maximum absolute atomic E-state index is 12.7. The van der Waals surface area contributed by atoms with E-state index in [4.69, 9.17) is 5.73 Å². The number of aryl methyl sites for hydroxylation is 3. The second-order valence-corrected chi connectivity index (χ2v) is 5.12. The van der Waals surface area contributed by atoms with Gasteiger partial charge in [-0.05, 0) is 50.5 Å². The van der Waals surface area contributed by atoms with Gasteiger partial charge in [0.1, 0.15) is 0 Å². The van der Waals surface area contributed by atoms with Crippen LogP contribution in [0.15, 0.2) is 30.3 Å². The van der Waals surface area contributed by atoms with Crippen LogP contribution in [-0.2, 0) is 0 Å². The Morgan fingerprint density at radius 3 is 2.16 bits per heavy atom. The van der Waals surface area contributed by atoms with Gasteiger partial charge in [-0.1, -0.05) is 29.8 Å². The molecular formula is C17H19NO. The molecule has 0 heterocycles. The van der Waals surface area contributed by atoms with Crippen molar-refractivity contribution in [2.45, 2.75) is 27.7 Å². The number of anilines is 1. The molecule has 0 spiro atoms. The summed E-state index contributed by atoms with van der Waals surface area (Å²) in [5, 5.41) is 0. The molecule has 0 saturated heterocycles. The number of nitrogen functional groups attached to an aromatic ring is 1. The third-order valence-corrected chi connectivity index (χ3v) is 3.52. The summed E-state index contributed by atoms with van der Waals surface area (Å²) < 4.78 is 0. The van der Waals surface area contributed by atoms with Crippen LogP contribution in [0.4, 0.5) is 5.69 Å². The van der Waals surface area contributed by atoms with Crippen molar-refractivity contribution < 1.29 is 4.79 Å². The third-order valence-electron chi connectivity index (χ3n) is 3.52. The van der Waals surface area contributed by atoms with Crippen LogP contribution in [0.3, 0.4) is 0 Å². The third kappa shape index (κ3) is 2.39. The Labute approximate surface area is 114 Å². The lowest BCUT2D eigenvalue weighted by atomic mass is 9.91. The first kappa shape index (κ1) is 13.3. The molecule has 0 saturated carbocycles. The second-order valence-electron chi connectivity index (χ2n) is 5.12. The average Bonchev–Trinajstić information content (AvgIpc) is 2.31. The van der Waals surface area contributed by atoms with Crippen molar-refractivity contribution >= 4 is 11.5 Å². The van der Waals surface area contributed by atoms with Crippen LogP contribution in [0, 0.1) is 27.7 Å². The molecule has 2 N–H and O–H groups in total. The Morgan fingerprint density at radius 1 is 1.00 bits per heavy atom. The zero-order valence-corrected chi connectivity index (χ0v) is 11.9. The Morgan fingerprint density at radius 2 is 1.58 bits per heavy atom. The molecule has 98 valence electrons. The summed E-state index contributed by atoms with van der Waals surface area (Å²) in [4.78, 5) is 12.7. The number of rotatable bonds is 2. The largest absolute Gasteiger partial charge is 0.398 e. The summed E-state index contributed by atoms with van der Waals surface area (Å²) in [6, 6.07) is 9.58. The fourth-order valence-electron chi connectivity index (χ4n) is 2.57. The Balaban J connectivity index is 2.60. The summed E-state index contributed by atoms with van der Waals surface area (Å²) in [6.07, 6.45) is 0. The minimum Gasteiger partial charge on any atom is -0.398 e. The van der Waals surface area contributed by atoms with Gasteiger partial charge >= 0.3 is 0 Å². The maximum atomic E-state index is 12.7. The second kappa shape index (κ2) is 4.88. The molecule has 2 aromatic rings. The van der Waals surface area contributed by atoms with E-state index in [0.29, 0.717) is 11.3 Å². The van der Waals surface area contributed by atoms with Crippen LogP contribution in [0.25, 0.3) is 0 Å². The molecule has 0 aromatic heterocycles. The quantitative estimate of drug-likeness (QED) is 0.654. The summed E-state index contributed by atoms with van der Waals surface area (Å²) in [7, 11) is 0. The number of benzene rings is 2. The minimum atomic E-state index is 0.0554. The highest BCUT2D eigenvalue weighted by atomic mass is 16.1. The van der Waals surface area contributed by atoms with Crippen molar-refractivity contribution in [2.75, 3.05) is 5.73 Å². The first-order chi connectivity index (χ1) is 8.91. The molecule has 0 atom stereocenters. The number of hydrogen-bond acceptors (Lipinski definition) is 2. The molecule has 2 heteroatoms. The van der Waals surface area contributed by atoms with Gasteiger partial charge in [0.05, 0.1) is 0 Å². The van der Waals surface area contributed by atoms with Crippen molar-refractivity contribution in [1.29, 1.82) is 0 Å². The van der Waals surface area contributed by atoms with E-state index in [-0.39, 0.29) is 5.78 Å². The van der Waals surface area contributed by atoms with Crippen LogP contribution in [0.2, 0.25) is 0 Å². The van der Waals surface area contributed by atoms with Gasteiger partial charge in [-0.3, -0.25) is 4.79 Å². The van der Waals surface area contributed by atoms with E-state index in [1.165, 1.54) is 5.56 Å². The lowest BCUT2D eigenvalue weighted by Crippen LogP contribution is -2.09. The molecule has 0 radical (unpaired) electrons. The molecule has 0 amide bonds. The van der Waals surface area contributed by atoms with Gasteiger partial charge in [-0.25, -0.2) is 0 Å². The Hall–Kier alpha value is -2.09. The Kier molecular flexibility index (Phi) is 3.43. The van der Waals surface area contributed by atoms with Gasteiger partial charge in [0.25, 0.3) is 0 Å². The molecule has 0 aliphatic carbocycles. The van der Waals surface area contributed by atoms with E-state index in [9.17, 15) is 4.79 Å². The van der Waals surface area contributed by atoms with Crippen LogP contribution in [0.1, 0.15) is 38.2 Å². The first-order valence-corrected chi connectivity index (χ1v) is 6.39. The van der Waals surface area contributed by atoms with Gasteiger partial charge in [0, 0.05) is 16.8 Å². The van der Waals surface area contributed by atoms with Crippen molar-refractivity contribution in [3.05, 3.63) is 63.7 Å². The summed E-state index contributed by atoms with van der Waals surface area (Å²) in [6.45, 7) is 7.89. The molecule has 2 aromatic carbocycles. The standard InChI is InChI=1S/C17H19NO/c1-10-8-11(2)16(12(3)9-10)17(19)14-6-5-7-15(18)13(14)4/h5-9H,18H2,1-4H3. The summed E-state index contributed by atoms with van der Waals surface area (Å²) in [5.41, 5.74) is 12.1. The van der Waals surface area contributed by atoms with Crippen molar-refractivity contribution in [3.63, 3.8) is 0 Å². The van der Waals surface area contributed by atoms with Crippen molar-refractivity contribution in [3.8, 4) is 0 Å². The number of nitrogens with two attached hydrogens (primary N) is 1. The fourth-order valence-corrected chi connectivity index (χ4v) is 2.57. The van der Waals surface area contributed by atoms with Crippen LogP contribution in [-0.4, -0.2) is 5.78 Å². The SMILES string of the molecule is Cc1cc(C)c(C(=O)c2cccc(N)c2C)c(C)c1. The number of ketones is 1. The van der Waals surface area contributed by atoms with Gasteiger partial charge in [0.15, 0.2) is 5.78 Å². The lowest BCUT2D eigenvalue weighted by molar-refractivity contribution is 0.103. The zero-order valence-electron chi connectivity index (χ0n) is 11.9. The van der Waals surface area contributed by atoms with Crippen LogP contribution >= 0.6 is 0 Å². The van der Waals surface area contributed by atoms with E-state index in [0.717, 1.165) is 22.3 Å². The predicted molar refractivity (Wildman–Crippen MR) is 79.7 cm³/mol. The Bertz CT molecular complexity index is 633. The van der Waals surface area contributed by atoms with Crippen LogP contribution in [0.5, 0.6) is 0 Å². The van der Waals surface area contributed by atoms with E-state index in [1.54, 1.807) is 0 Å². The molecule has 0 fully saturated rings. The van der Waals surface area contributed by atoms with E-state index in [1.807, 2.05) is 58.0 Å². The molecule has 0 unspecified atom stereocenters. The van der Waals surface area contributed by atoms with Gasteiger partial charge in [-0.15, -0.1) is 0 Å². The van der Waals surface area contributed by atoms with Gasteiger partial charge in [-0.2, -0.15) is 0 Å². The van der Waals surface area contributed by atoms with Crippen LogP contribution < -0.4 is 5.73 Å². The smallest absolute Gasteiger partial charge is 0.193 e. The molecule has 0 aliphatic heterocycles. The summed E-state index contributed by atoms with van der Waals surface area (Å²) in [5.74, 6) is 0.0554. The molecular weight excluding hydrogens is 234 g/mol. The average molecular weight is 253 g/mol. The van der Waals surface area contributed by atoms with E-state index >= 15 is 0 Å². The molecule has 2 rings (SSSR count). The van der Waals surface area contributed by atoms with Gasteiger partial charge < -0.3 is 5.73 Å².